The summed E-state index contributed by atoms with van der Waals surface area (Å²) in [6.07, 6.45) is 6.21. The number of amides is 1. The highest BCUT2D eigenvalue weighted by Gasteiger charge is 2.50. The summed E-state index contributed by atoms with van der Waals surface area (Å²) >= 11 is 0. The van der Waals surface area contributed by atoms with Gasteiger partial charge in [0.1, 0.15) is 48.8 Å². The molecule has 52 heavy (non-hydrogen) atoms. The minimum Gasteiger partial charge on any atom is -0.394 e. The molecule has 12 atom stereocenters. The molecule has 2 fully saturated rings. The van der Waals surface area contributed by atoms with Gasteiger partial charge in [-0.25, -0.2) is 0 Å². The van der Waals surface area contributed by atoms with E-state index in [0.717, 1.165) is 57.8 Å². The van der Waals surface area contributed by atoms with E-state index in [4.69, 9.17) is 18.9 Å². The lowest BCUT2D eigenvalue weighted by Gasteiger charge is -2.46. The predicted molar refractivity (Wildman–Crippen MR) is 194 cm³/mol. The molecule has 0 radical (unpaired) electrons. The van der Waals surface area contributed by atoms with Crippen LogP contribution in [0.15, 0.2) is 12.2 Å². The van der Waals surface area contributed by atoms with Crippen LogP contribution in [-0.4, -0.2) is 140 Å². The van der Waals surface area contributed by atoms with E-state index < -0.39 is 86.8 Å². The van der Waals surface area contributed by atoms with Crippen molar-refractivity contribution in [3.8, 4) is 0 Å². The van der Waals surface area contributed by atoms with Gasteiger partial charge in [-0.3, -0.25) is 4.79 Å². The maximum Gasteiger partial charge on any atom is 0.220 e. The monoisotopic (exact) mass is 749 g/mol. The molecule has 0 aromatic rings. The zero-order valence-corrected chi connectivity index (χ0v) is 31.6. The van der Waals surface area contributed by atoms with Crippen molar-refractivity contribution in [2.45, 2.75) is 203 Å². The zero-order chi connectivity index (χ0) is 38.3. The van der Waals surface area contributed by atoms with Gasteiger partial charge in [-0.2, -0.15) is 0 Å². The van der Waals surface area contributed by atoms with Crippen LogP contribution in [0, 0.1) is 0 Å². The van der Waals surface area contributed by atoms with Gasteiger partial charge in [0.2, 0.25) is 5.91 Å². The van der Waals surface area contributed by atoms with Crippen LogP contribution < -0.4 is 5.32 Å². The number of rotatable bonds is 28. The lowest BCUT2D eigenvalue weighted by atomic mass is 9.97. The first-order chi connectivity index (χ1) is 25.1. The molecule has 2 rings (SSSR count). The number of nitrogens with one attached hydrogen (secondary N) is 1. The van der Waals surface area contributed by atoms with Gasteiger partial charge in [0.25, 0.3) is 0 Å². The van der Waals surface area contributed by atoms with Crippen LogP contribution in [0.1, 0.15) is 129 Å². The third-order valence-corrected chi connectivity index (χ3v) is 9.98. The van der Waals surface area contributed by atoms with Crippen molar-refractivity contribution in [3.05, 3.63) is 12.2 Å². The number of unbranched alkanes of at least 4 members (excludes halogenated alkanes) is 13. The Hall–Kier alpha value is -1.27. The number of carbonyl (C=O) groups is 1. The maximum atomic E-state index is 12.9. The highest BCUT2D eigenvalue weighted by Crippen LogP contribution is 2.30. The topological polar surface area (TPSA) is 228 Å². The standard InChI is InChI=1S/C38H71NO13/c1-3-5-7-8-9-10-11-12-13-14-15-16-17-18-20-22-30(43)39-26(27(42)21-19-6-4-2)25-49-37-35(48)33(46)36(29(24-41)51-37)52-38-34(47)32(45)31(44)28(23-40)50-38/h12-13,26-29,31-38,40-42,44-48H,3-11,14-25H2,1-2H3,(H,39,43)/b13-12-. The SMILES string of the molecule is CCCCCCCC/C=C\CCCCCCCC(=O)NC(COC1OC(CO)C(OC2OC(CO)C(O)C(O)C2O)C(O)C1O)C(O)CCCCC. The third-order valence-electron chi connectivity index (χ3n) is 9.98. The van der Waals surface area contributed by atoms with Crippen molar-refractivity contribution in [3.63, 3.8) is 0 Å². The summed E-state index contributed by atoms with van der Waals surface area (Å²) in [6.45, 7) is 2.62. The van der Waals surface area contributed by atoms with Crippen molar-refractivity contribution in [2.24, 2.45) is 0 Å². The maximum absolute atomic E-state index is 12.9. The van der Waals surface area contributed by atoms with Crippen LogP contribution in [0.2, 0.25) is 0 Å². The Bertz CT molecular complexity index is 941. The fraction of sp³-hybridized carbons (Fsp3) is 0.921. The molecule has 0 aromatic carbocycles. The Morgan fingerprint density at radius 3 is 1.83 bits per heavy atom. The second-order valence-corrected chi connectivity index (χ2v) is 14.4. The first-order valence-corrected chi connectivity index (χ1v) is 19.9. The molecule has 306 valence electrons. The largest absolute Gasteiger partial charge is 0.394 e. The molecule has 2 heterocycles. The molecule has 0 bridgehead atoms. The summed E-state index contributed by atoms with van der Waals surface area (Å²) in [4.78, 5) is 12.9. The summed E-state index contributed by atoms with van der Waals surface area (Å²) in [7, 11) is 0. The van der Waals surface area contributed by atoms with Gasteiger partial charge in [-0.1, -0.05) is 96.6 Å². The van der Waals surface area contributed by atoms with Crippen LogP contribution in [0.3, 0.4) is 0 Å². The number of aliphatic hydroxyl groups is 8. The number of hydrogen-bond acceptors (Lipinski definition) is 13. The first kappa shape index (κ1) is 46.9. The van der Waals surface area contributed by atoms with Gasteiger partial charge in [0.05, 0.1) is 32.0 Å². The Balaban J connectivity index is 1.81. The molecule has 0 spiro atoms. The molecule has 2 aliphatic rings. The van der Waals surface area contributed by atoms with E-state index in [1.807, 2.05) is 6.92 Å². The van der Waals surface area contributed by atoms with Crippen LogP contribution in [-0.2, 0) is 23.7 Å². The Kier molecular flexibility index (Phi) is 24.6. The lowest BCUT2D eigenvalue weighted by molar-refractivity contribution is -0.359. The van der Waals surface area contributed by atoms with E-state index in [9.17, 15) is 45.6 Å². The van der Waals surface area contributed by atoms with Gasteiger partial charge in [-0.05, 0) is 38.5 Å². The molecular formula is C38H71NO13. The van der Waals surface area contributed by atoms with Crippen molar-refractivity contribution >= 4 is 5.91 Å². The fourth-order valence-corrected chi connectivity index (χ4v) is 6.58. The molecule has 14 nitrogen and oxygen atoms in total. The molecule has 12 unspecified atom stereocenters. The Morgan fingerprint density at radius 2 is 1.21 bits per heavy atom. The Labute approximate surface area is 310 Å². The molecule has 14 heteroatoms. The smallest absolute Gasteiger partial charge is 0.220 e. The minimum atomic E-state index is -1.78. The summed E-state index contributed by atoms with van der Waals surface area (Å²) in [5, 5.41) is 85.6. The van der Waals surface area contributed by atoms with Gasteiger partial charge in [0, 0.05) is 6.42 Å². The lowest BCUT2D eigenvalue weighted by Crippen LogP contribution is -2.65. The van der Waals surface area contributed by atoms with Crippen molar-refractivity contribution in [2.75, 3.05) is 19.8 Å². The molecule has 0 aliphatic carbocycles. The quantitative estimate of drug-likeness (QED) is 0.0413. The average molecular weight is 750 g/mol. The van der Waals surface area contributed by atoms with E-state index in [-0.39, 0.29) is 12.5 Å². The minimum absolute atomic E-state index is 0.229. The number of aliphatic hydroxyl groups excluding tert-OH is 8. The first-order valence-electron chi connectivity index (χ1n) is 19.9. The third kappa shape index (κ3) is 16.6. The van der Waals surface area contributed by atoms with Crippen LogP contribution in [0.4, 0.5) is 0 Å². The molecule has 2 saturated heterocycles. The molecule has 0 aromatic heterocycles. The van der Waals surface area contributed by atoms with Crippen molar-refractivity contribution in [1.29, 1.82) is 0 Å². The predicted octanol–water partition coefficient (Wildman–Crippen LogP) is 2.09. The van der Waals surface area contributed by atoms with Crippen molar-refractivity contribution < 1.29 is 64.6 Å². The van der Waals surface area contributed by atoms with Gasteiger partial charge in [0.15, 0.2) is 12.6 Å². The normalized spacial score (nSPS) is 30.8. The second kappa shape index (κ2) is 27.3. The highest BCUT2D eigenvalue weighted by atomic mass is 16.7. The molecule has 1 amide bonds. The van der Waals surface area contributed by atoms with Gasteiger partial charge >= 0.3 is 0 Å². The summed E-state index contributed by atoms with van der Waals surface area (Å²) in [5.74, 6) is -0.229. The number of ether oxygens (including phenoxy) is 4. The Morgan fingerprint density at radius 1 is 0.673 bits per heavy atom. The molecule has 0 saturated carbocycles. The zero-order valence-electron chi connectivity index (χ0n) is 31.6. The molecule has 2 aliphatic heterocycles. The van der Waals surface area contributed by atoms with Crippen LogP contribution in [0.5, 0.6) is 0 Å². The fourth-order valence-electron chi connectivity index (χ4n) is 6.58. The van der Waals surface area contributed by atoms with E-state index in [1.54, 1.807) is 0 Å². The molecule has 9 N–H and O–H groups in total. The van der Waals surface area contributed by atoms with E-state index >= 15 is 0 Å². The number of carbonyl (C=O) groups excluding carboxylic acids is 1. The summed E-state index contributed by atoms with van der Waals surface area (Å²) in [6, 6.07) is -0.823. The number of allylic oxidation sites excluding steroid dienone is 2. The van der Waals surface area contributed by atoms with Crippen LogP contribution >= 0.6 is 0 Å². The second-order valence-electron chi connectivity index (χ2n) is 14.4. The van der Waals surface area contributed by atoms with E-state index in [1.165, 1.54) is 38.5 Å². The van der Waals surface area contributed by atoms with Gasteiger partial charge < -0.3 is 65.1 Å². The highest BCUT2D eigenvalue weighted by molar-refractivity contribution is 5.76. The van der Waals surface area contributed by atoms with Crippen LogP contribution in [0.25, 0.3) is 0 Å². The van der Waals surface area contributed by atoms with Gasteiger partial charge in [-0.15, -0.1) is 0 Å². The van der Waals surface area contributed by atoms with Crippen molar-refractivity contribution in [1.82, 2.24) is 5.32 Å². The van der Waals surface area contributed by atoms with E-state index in [2.05, 4.69) is 24.4 Å². The average Bonchev–Trinajstić information content (AvgIpc) is 3.14. The summed E-state index contributed by atoms with van der Waals surface area (Å²) < 4.78 is 22.4. The molecular weight excluding hydrogens is 678 g/mol. The van der Waals surface area contributed by atoms with E-state index in [0.29, 0.717) is 19.3 Å². The summed E-state index contributed by atoms with van der Waals surface area (Å²) in [5.41, 5.74) is 0. The number of hydrogen-bond donors (Lipinski definition) is 9.